The van der Waals surface area contributed by atoms with E-state index in [1.165, 1.54) is 0 Å². The monoisotopic (exact) mass is 279 g/mol. The Hall–Kier alpha value is -1.88. The van der Waals surface area contributed by atoms with Gasteiger partial charge in [0.05, 0.1) is 19.6 Å². The highest BCUT2D eigenvalue weighted by Gasteiger charge is 2.23. The third-order valence-corrected chi connectivity index (χ3v) is 2.64. The Labute approximate surface area is 119 Å². The highest BCUT2D eigenvalue weighted by Crippen LogP contribution is 2.03. The lowest BCUT2D eigenvalue weighted by molar-refractivity contribution is -0.152. The fourth-order valence-corrected chi connectivity index (χ4v) is 1.71. The summed E-state index contributed by atoms with van der Waals surface area (Å²) in [7, 11) is 0. The topological polar surface area (TPSA) is 64.6 Å². The molecule has 0 aliphatic carbocycles. The molecule has 0 heterocycles. The summed E-state index contributed by atoms with van der Waals surface area (Å²) in [5, 5.41) is 3.03. The van der Waals surface area contributed by atoms with Crippen LogP contribution in [0.1, 0.15) is 25.8 Å². The van der Waals surface area contributed by atoms with Gasteiger partial charge < -0.3 is 9.47 Å². The number of rotatable bonds is 8. The minimum atomic E-state index is -0.686. The first-order chi connectivity index (χ1) is 9.67. The van der Waals surface area contributed by atoms with Crippen LogP contribution in [0.4, 0.5) is 0 Å². The van der Waals surface area contributed by atoms with Crippen molar-refractivity contribution in [3.8, 4) is 0 Å². The van der Waals surface area contributed by atoms with Crippen LogP contribution in [0.5, 0.6) is 0 Å². The first kappa shape index (κ1) is 16.2. The molecule has 110 valence electrons. The maximum Gasteiger partial charge on any atom is 0.323 e. The maximum absolute atomic E-state index is 11.8. The van der Waals surface area contributed by atoms with Crippen LogP contribution in [0, 0.1) is 0 Å². The molecule has 0 saturated carbocycles. The van der Waals surface area contributed by atoms with Gasteiger partial charge in [0.2, 0.25) is 0 Å². The van der Waals surface area contributed by atoms with Crippen molar-refractivity contribution in [3.63, 3.8) is 0 Å². The average molecular weight is 279 g/mol. The van der Waals surface area contributed by atoms with Crippen molar-refractivity contribution < 1.29 is 19.1 Å². The summed E-state index contributed by atoms with van der Waals surface area (Å²) in [6.45, 7) is 4.53. The van der Waals surface area contributed by atoms with Gasteiger partial charge in [-0.05, 0) is 19.4 Å². The SMILES string of the molecule is CCOC(=O)C[C@@H](NCc1ccccc1)C(=O)OCC. The average Bonchev–Trinajstić information content (AvgIpc) is 2.45. The molecule has 5 heteroatoms. The molecule has 1 aromatic carbocycles. The quantitative estimate of drug-likeness (QED) is 0.733. The van der Waals surface area contributed by atoms with Crippen LogP contribution >= 0.6 is 0 Å². The predicted molar refractivity (Wildman–Crippen MR) is 75.0 cm³/mol. The summed E-state index contributed by atoms with van der Waals surface area (Å²) in [5.74, 6) is -0.845. The molecule has 0 spiro atoms. The lowest BCUT2D eigenvalue weighted by atomic mass is 10.1. The van der Waals surface area contributed by atoms with E-state index in [9.17, 15) is 9.59 Å². The molecular formula is C15H21NO4. The van der Waals surface area contributed by atoms with Gasteiger partial charge in [-0.2, -0.15) is 0 Å². The molecule has 0 unspecified atom stereocenters. The summed E-state index contributed by atoms with van der Waals surface area (Å²) in [6.07, 6.45) is -0.0283. The Bertz CT molecular complexity index is 419. The smallest absolute Gasteiger partial charge is 0.323 e. The number of nitrogens with one attached hydrogen (secondary N) is 1. The Morgan fingerprint density at radius 3 is 2.35 bits per heavy atom. The van der Waals surface area contributed by atoms with Gasteiger partial charge in [-0.1, -0.05) is 30.3 Å². The Morgan fingerprint density at radius 1 is 1.10 bits per heavy atom. The number of benzene rings is 1. The normalized spacial score (nSPS) is 11.7. The van der Waals surface area contributed by atoms with E-state index in [0.717, 1.165) is 5.56 Å². The summed E-state index contributed by atoms with van der Waals surface area (Å²) in [5.41, 5.74) is 1.03. The molecule has 0 radical (unpaired) electrons. The number of ether oxygens (including phenoxy) is 2. The van der Waals surface area contributed by atoms with Crippen LogP contribution in [0.2, 0.25) is 0 Å². The van der Waals surface area contributed by atoms with Crippen molar-refractivity contribution in [2.45, 2.75) is 32.9 Å². The molecule has 0 bridgehead atoms. The third kappa shape index (κ3) is 5.84. The molecule has 1 atom stereocenters. The Balaban J connectivity index is 2.57. The summed E-state index contributed by atoms with van der Waals surface area (Å²) >= 11 is 0. The minimum Gasteiger partial charge on any atom is -0.466 e. The predicted octanol–water partition coefficient (Wildman–Crippen LogP) is 1.66. The van der Waals surface area contributed by atoms with Crippen molar-refractivity contribution in [1.29, 1.82) is 0 Å². The molecular weight excluding hydrogens is 258 g/mol. The second-order valence-corrected chi connectivity index (χ2v) is 4.18. The van der Waals surface area contributed by atoms with E-state index in [4.69, 9.17) is 9.47 Å². The molecule has 1 N–H and O–H groups in total. The van der Waals surface area contributed by atoms with Gasteiger partial charge in [0.25, 0.3) is 0 Å². The summed E-state index contributed by atoms with van der Waals surface area (Å²) < 4.78 is 9.83. The fraction of sp³-hybridized carbons (Fsp3) is 0.467. The van der Waals surface area contributed by atoms with Gasteiger partial charge >= 0.3 is 11.9 Å². The van der Waals surface area contributed by atoms with Crippen LogP contribution in [0.25, 0.3) is 0 Å². The summed E-state index contributed by atoms with van der Waals surface area (Å²) in [4.78, 5) is 23.3. The van der Waals surface area contributed by atoms with E-state index in [0.29, 0.717) is 13.2 Å². The van der Waals surface area contributed by atoms with Crippen molar-refractivity contribution in [2.75, 3.05) is 13.2 Å². The Morgan fingerprint density at radius 2 is 1.75 bits per heavy atom. The lowest BCUT2D eigenvalue weighted by Gasteiger charge is -2.16. The number of carbonyl (C=O) groups excluding carboxylic acids is 2. The standard InChI is InChI=1S/C15H21NO4/c1-3-19-14(17)10-13(15(18)20-4-2)16-11-12-8-6-5-7-9-12/h5-9,13,16H,3-4,10-11H2,1-2H3/t13-/m1/s1. The molecule has 0 aliphatic rings. The minimum absolute atomic E-state index is 0.0283. The zero-order valence-electron chi connectivity index (χ0n) is 11.9. The number of hydrogen-bond donors (Lipinski definition) is 1. The van der Waals surface area contributed by atoms with E-state index >= 15 is 0 Å². The number of esters is 2. The van der Waals surface area contributed by atoms with E-state index in [1.807, 2.05) is 30.3 Å². The van der Waals surface area contributed by atoms with Crippen molar-refractivity contribution >= 4 is 11.9 Å². The van der Waals surface area contributed by atoms with E-state index < -0.39 is 18.0 Å². The highest BCUT2D eigenvalue weighted by atomic mass is 16.5. The van der Waals surface area contributed by atoms with Gasteiger partial charge in [-0.15, -0.1) is 0 Å². The van der Waals surface area contributed by atoms with Crippen LogP contribution < -0.4 is 5.32 Å². The first-order valence-electron chi connectivity index (χ1n) is 6.77. The van der Waals surface area contributed by atoms with Crippen LogP contribution in [-0.4, -0.2) is 31.2 Å². The Kier molecular flexibility index (Phi) is 7.35. The molecule has 1 rings (SSSR count). The van der Waals surface area contributed by atoms with Crippen molar-refractivity contribution in [3.05, 3.63) is 35.9 Å². The van der Waals surface area contributed by atoms with Crippen molar-refractivity contribution in [2.24, 2.45) is 0 Å². The van der Waals surface area contributed by atoms with E-state index in [1.54, 1.807) is 13.8 Å². The molecule has 0 fully saturated rings. The highest BCUT2D eigenvalue weighted by molar-refractivity contribution is 5.82. The van der Waals surface area contributed by atoms with Crippen LogP contribution in [-0.2, 0) is 25.6 Å². The lowest BCUT2D eigenvalue weighted by Crippen LogP contribution is -2.39. The molecule has 5 nitrogen and oxygen atoms in total. The molecule has 20 heavy (non-hydrogen) atoms. The molecule has 0 aliphatic heterocycles. The van der Waals surface area contributed by atoms with Crippen LogP contribution in [0.3, 0.4) is 0 Å². The second kappa shape index (κ2) is 9.09. The third-order valence-electron chi connectivity index (χ3n) is 2.64. The second-order valence-electron chi connectivity index (χ2n) is 4.18. The van der Waals surface area contributed by atoms with Gasteiger partial charge in [0.15, 0.2) is 0 Å². The van der Waals surface area contributed by atoms with E-state index in [2.05, 4.69) is 5.32 Å². The maximum atomic E-state index is 11.8. The number of hydrogen-bond acceptors (Lipinski definition) is 5. The van der Waals surface area contributed by atoms with Gasteiger partial charge in [0.1, 0.15) is 6.04 Å². The summed E-state index contributed by atoms with van der Waals surface area (Å²) in [6, 6.07) is 8.96. The largest absolute Gasteiger partial charge is 0.466 e. The number of carbonyl (C=O) groups is 2. The molecule has 0 amide bonds. The van der Waals surface area contributed by atoms with Gasteiger partial charge in [0, 0.05) is 6.54 Å². The fourth-order valence-electron chi connectivity index (χ4n) is 1.71. The molecule has 0 saturated heterocycles. The zero-order chi connectivity index (χ0) is 14.8. The van der Waals surface area contributed by atoms with E-state index in [-0.39, 0.29) is 13.0 Å². The first-order valence-corrected chi connectivity index (χ1v) is 6.77. The van der Waals surface area contributed by atoms with Crippen molar-refractivity contribution in [1.82, 2.24) is 5.32 Å². The van der Waals surface area contributed by atoms with Gasteiger partial charge in [-0.25, -0.2) is 0 Å². The molecule has 1 aromatic rings. The van der Waals surface area contributed by atoms with Gasteiger partial charge in [-0.3, -0.25) is 14.9 Å². The van der Waals surface area contributed by atoms with Crippen LogP contribution in [0.15, 0.2) is 30.3 Å². The molecule has 0 aromatic heterocycles. The zero-order valence-corrected chi connectivity index (χ0v) is 11.9.